The predicted octanol–water partition coefficient (Wildman–Crippen LogP) is 9.04. The maximum atomic E-state index is 2.28. The van der Waals surface area contributed by atoms with E-state index < -0.39 is 0 Å². The summed E-state index contributed by atoms with van der Waals surface area (Å²) in [4.78, 5) is 8.16. The molecule has 0 radical (unpaired) electrons. The highest BCUT2D eigenvalue weighted by Crippen LogP contribution is 2.51. The van der Waals surface area contributed by atoms with Crippen LogP contribution in [0.1, 0.15) is 11.1 Å². The van der Waals surface area contributed by atoms with Gasteiger partial charge in [-0.1, -0.05) is 23.9 Å². The second-order valence-corrected chi connectivity index (χ2v) is 11.0. The lowest BCUT2D eigenvalue weighted by Gasteiger charge is -2.15. The Labute approximate surface area is 176 Å². The number of thioether (sulfide) groups is 2. The van der Waals surface area contributed by atoms with E-state index in [1.54, 1.807) is 11.8 Å². The molecule has 0 unspecified atom stereocenters. The fraction of sp³-hybridized carbons (Fsp3) is 0. The van der Waals surface area contributed by atoms with Crippen molar-refractivity contribution in [2.45, 2.75) is 0 Å². The highest BCUT2D eigenvalue weighted by molar-refractivity contribution is 8.20. The summed E-state index contributed by atoms with van der Waals surface area (Å²) in [5.74, 6) is 0. The monoisotopic (exact) mass is 444 g/mol. The molecule has 0 saturated carbocycles. The van der Waals surface area contributed by atoms with Gasteiger partial charge < -0.3 is 0 Å². The minimum Gasteiger partial charge on any atom is -0.143 e. The van der Waals surface area contributed by atoms with Crippen LogP contribution in [0.5, 0.6) is 0 Å². The third kappa shape index (κ3) is 3.19. The summed E-state index contributed by atoms with van der Waals surface area (Å²) in [5, 5.41) is 13.3. The zero-order chi connectivity index (χ0) is 17.3. The van der Waals surface area contributed by atoms with E-state index in [9.17, 15) is 0 Å². The lowest BCUT2D eigenvalue weighted by atomic mass is 10.2. The van der Waals surface area contributed by atoms with Crippen LogP contribution in [0.25, 0.3) is 29.3 Å². The van der Waals surface area contributed by atoms with Crippen molar-refractivity contribution in [3.05, 3.63) is 79.9 Å². The van der Waals surface area contributed by atoms with Gasteiger partial charge in [0, 0.05) is 30.7 Å². The number of hydrogen-bond acceptors (Lipinski definition) is 6. The molecular formula is C20H12S6. The first kappa shape index (κ1) is 17.1. The first-order valence-corrected chi connectivity index (χ1v) is 13.1. The normalized spacial score (nSPS) is 14.3. The van der Waals surface area contributed by atoms with Crippen LogP contribution >= 0.6 is 68.9 Å². The molecule has 0 aliphatic carbocycles. The molecular weight excluding hydrogens is 433 g/mol. The highest BCUT2D eigenvalue weighted by Gasteiger charge is 2.20. The zero-order valence-corrected chi connectivity index (χ0v) is 18.3. The smallest absolute Gasteiger partial charge is 0.0526 e. The van der Waals surface area contributed by atoms with Crippen molar-refractivity contribution in [3.8, 4) is 19.5 Å². The summed E-state index contributed by atoms with van der Waals surface area (Å²) in [7, 11) is 0. The third-order valence-corrected chi connectivity index (χ3v) is 10.0. The maximum absolute atomic E-state index is 2.28. The third-order valence-electron chi connectivity index (χ3n) is 3.92. The lowest BCUT2D eigenvalue weighted by molar-refractivity contribution is 1.82. The van der Waals surface area contributed by atoms with Gasteiger partial charge >= 0.3 is 0 Å². The molecule has 0 fully saturated rings. The molecule has 26 heavy (non-hydrogen) atoms. The van der Waals surface area contributed by atoms with Gasteiger partial charge in [-0.25, -0.2) is 0 Å². The second kappa shape index (κ2) is 7.54. The minimum absolute atomic E-state index is 1.35. The van der Waals surface area contributed by atoms with Crippen molar-refractivity contribution in [3.63, 3.8) is 0 Å². The number of hydrogen-bond donors (Lipinski definition) is 0. The molecule has 1 aliphatic rings. The summed E-state index contributed by atoms with van der Waals surface area (Å²) in [6, 6.07) is 13.2. The number of rotatable bonds is 4. The SMILES string of the molecule is C1=C(c2ccsc2-c2cccs2)SC(c2ccsc2-c2cccs2)=CS1. The van der Waals surface area contributed by atoms with E-state index >= 15 is 0 Å². The molecule has 4 aromatic rings. The molecule has 0 atom stereocenters. The van der Waals surface area contributed by atoms with Gasteiger partial charge in [-0.3, -0.25) is 0 Å². The Hall–Kier alpha value is -1.02. The summed E-state index contributed by atoms with van der Waals surface area (Å²) in [6.45, 7) is 0. The Morgan fingerprint density at radius 3 is 1.54 bits per heavy atom. The lowest BCUT2D eigenvalue weighted by Crippen LogP contribution is -1.86. The largest absolute Gasteiger partial charge is 0.143 e. The van der Waals surface area contributed by atoms with Crippen LogP contribution in [0.2, 0.25) is 0 Å². The van der Waals surface area contributed by atoms with E-state index in [4.69, 9.17) is 0 Å². The molecule has 0 bridgehead atoms. The molecule has 128 valence electrons. The summed E-state index contributed by atoms with van der Waals surface area (Å²) < 4.78 is 0. The Kier molecular flexibility index (Phi) is 4.96. The first-order valence-electron chi connectivity index (χ1n) is 7.87. The van der Waals surface area contributed by atoms with Crippen molar-refractivity contribution >= 4 is 78.7 Å². The molecule has 0 aromatic carbocycles. The standard InChI is InChI=1S/C20H12S6/c1-3-15(22-7-1)19-13(5-9-24-19)17-11-21-12-18(26-17)14-6-10-25-20(14)16-4-2-8-23-16/h1-12H. The molecule has 5 rings (SSSR count). The molecule has 1 aliphatic heterocycles. The van der Waals surface area contributed by atoms with Gasteiger partial charge in [0.05, 0.1) is 9.75 Å². The minimum atomic E-state index is 1.35. The summed E-state index contributed by atoms with van der Waals surface area (Å²) in [5.41, 5.74) is 2.71. The Morgan fingerprint density at radius 1 is 0.538 bits per heavy atom. The fourth-order valence-electron chi connectivity index (χ4n) is 2.76. The van der Waals surface area contributed by atoms with Crippen molar-refractivity contribution in [2.75, 3.05) is 0 Å². The van der Waals surface area contributed by atoms with E-state index in [1.807, 2.05) is 57.1 Å². The Balaban J connectivity index is 1.48. The van der Waals surface area contributed by atoms with Crippen LogP contribution in [0.4, 0.5) is 0 Å². The zero-order valence-electron chi connectivity index (χ0n) is 13.4. The van der Waals surface area contributed by atoms with Gasteiger partial charge in [0.25, 0.3) is 0 Å². The van der Waals surface area contributed by atoms with Gasteiger partial charge in [-0.15, -0.1) is 57.1 Å². The molecule has 0 amide bonds. The van der Waals surface area contributed by atoms with E-state index in [1.165, 1.54) is 40.4 Å². The van der Waals surface area contributed by atoms with Crippen molar-refractivity contribution in [2.24, 2.45) is 0 Å². The van der Waals surface area contributed by atoms with Crippen LogP contribution in [0, 0.1) is 0 Å². The summed E-state index contributed by atoms with van der Waals surface area (Å²) in [6.07, 6.45) is 0. The maximum Gasteiger partial charge on any atom is 0.0526 e. The first-order chi connectivity index (χ1) is 12.9. The molecule has 4 aromatic heterocycles. The second-order valence-electron chi connectivity index (χ2n) is 5.48. The van der Waals surface area contributed by atoms with Gasteiger partial charge in [0.1, 0.15) is 0 Å². The number of thiophene rings is 4. The van der Waals surface area contributed by atoms with Gasteiger partial charge in [0.15, 0.2) is 0 Å². The average molecular weight is 445 g/mol. The fourth-order valence-corrected chi connectivity index (χ4v) is 8.57. The van der Waals surface area contributed by atoms with Crippen LogP contribution in [-0.2, 0) is 0 Å². The van der Waals surface area contributed by atoms with Crippen LogP contribution in [-0.4, -0.2) is 0 Å². The van der Waals surface area contributed by atoms with Crippen molar-refractivity contribution in [1.82, 2.24) is 0 Å². The van der Waals surface area contributed by atoms with Crippen molar-refractivity contribution < 1.29 is 0 Å². The Bertz CT molecular complexity index is 987. The van der Waals surface area contributed by atoms with Crippen LogP contribution < -0.4 is 0 Å². The van der Waals surface area contributed by atoms with E-state index in [2.05, 4.69) is 68.7 Å². The topological polar surface area (TPSA) is 0 Å². The predicted molar refractivity (Wildman–Crippen MR) is 126 cm³/mol. The van der Waals surface area contributed by atoms with E-state index in [0.29, 0.717) is 0 Å². The van der Waals surface area contributed by atoms with E-state index in [-0.39, 0.29) is 0 Å². The molecule has 6 heteroatoms. The molecule has 0 N–H and O–H groups in total. The molecule has 0 nitrogen and oxygen atoms in total. The summed E-state index contributed by atoms with van der Waals surface area (Å²) >= 11 is 11.0. The van der Waals surface area contributed by atoms with Gasteiger partial charge in [-0.05, 0) is 56.6 Å². The molecule has 0 spiro atoms. The molecule has 5 heterocycles. The Morgan fingerprint density at radius 2 is 1.08 bits per heavy atom. The quantitative estimate of drug-likeness (QED) is 0.308. The molecule has 0 saturated heterocycles. The average Bonchev–Trinajstić information content (AvgIpc) is 3.49. The highest BCUT2D eigenvalue weighted by atomic mass is 32.2. The van der Waals surface area contributed by atoms with E-state index in [0.717, 1.165) is 0 Å². The van der Waals surface area contributed by atoms with Crippen LogP contribution in [0.3, 0.4) is 0 Å². The van der Waals surface area contributed by atoms with Gasteiger partial charge in [-0.2, -0.15) is 0 Å². The van der Waals surface area contributed by atoms with Crippen molar-refractivity contribution in [1.29, 1.82) is 0 Å². The van der Waals surface area contributed by atoms with Gasteiger partial charge in [0.2, 0.25) is 0 Å². The van der Waals surface area contributed by atoms with Crippen LogP contribution in [0.15, 0.2) is 68.7 Å².